The molecule has 1 atom stereocenters. The number of carbonyl (C=O) groups excluding carboxylic acids is 1. The van der Waals surface area contributed by atoms with Crippen molar-refractivity contribution in [2.75, 3.05) is 0 Å². The highest BCUT2D eigenvalue weighted by Gasteiger charge is 2.27. The van der Waals surface area contributed by atoms with E-state index in [4.69, 9.17) is 11.6 Å². The molecule has 1 aliphatic rings. The Morgan fingerprint density at radius 1 is 1.23 bits per heavy atom. The summed E-state index contributed by atoms with van der Waals surface area (Å²) in [5.41, 5.74) is 6.24. The van der Waals surface area contributed by atoms with E-state index < -0.39 is 0 Å². The molecule has 1 amide bonds. The van der Waals surface area contributed by atoms with Crippen LogP contribution in [0.25, 0.3) is 5.65 Å². The minimum atomic E-state index is -0.159. The Hall–Kier alpha value is -3.19. The van der Waals surface area contributed by atoms with Crippen LogP contribution in [0.15, 0.2) is 42.7 Å². The summed E-state index contributed by atoms with van der Waals surface area (Å²) in [5.74, 6) is -0.159. The number of hydrogen-bond acceptors (Lipinski definition) is 4. The molecule has 0 fully saturated rings. The highest BCUT2D eigenvalue weighted by atomic mass is 35.5. The Bertz CT molecular complexity index is 1290. The SMILES string of the molecule is Cc1cc(C)n2ncc(C(=O)N[C@H]3CCCc4c3cnn4Cc3cccc(Cl)c3)c2n1. The number of nitrogens with one attached hydrogen (secondary N) is 1. The van der Waals surface area contributed by atoms with Crippen molar-refractivity contribution in [2.24, 2.45) is 0 Å². The zero-order chi connectivity index (χ0) is 21.5. The van der Waals surface area contributed by atoms with E-state index in [1.54, 1.807) is 10.7 Å². The van der Waals surface area contributed by atoms with Gasteiger partial charge in [-0.25, -0.2) is 9.50 Å². The third-order valence-electron chi connectivity index (χ3n) is 5.81. The number of aromatic nitrogens is 5. The third-order valence-corrected chi connectivity index (χ3v) is 6.05. The van der Waals surface area contributed by atoms with E-state index in [9.17, 15) is 4.79 Å². The molecule has 0 bridgehead atoms. The molecule has 1 aliphatic carbocycles. The van der Waals surface area contributed by atoms with Crippen LogP contribution < -0.4 is 5.32 Å². The predicted octanol–water partition coefficient (Wildman–Crippen LogP) is 4.05. The molecular formula is C23H23ClN6O. The van der Waals surface area contributed by atoms with Gasteiger partial charge in [0.1, 0.15) is 5.56 Å². The zero-order valence-corrected chi connectivity index (χ0v) is 18.2. The van der Waals surface area contributed by atoms with Gasteiger partial charge in [0, 0.05) is 27.7 Å². The normalized spacial score (nSPS) is 15.8. The van der Waals surface area contributed by atoms with Crippen molar-refractivity contribution in [2.45, 2.75) is 45.7 Å². The molecule has 4 aromatic rings. The summed E-state index contributed by atoms with van der Waals surface area (Å²) in [6.45, 7) is 4.54. The van der Waals surface area contributed by atoms with Crippen molar-refractivity contribution in [1.29, 1.82) is 0 Å². The summed E-state index contributed by atoms with van der Waals surface area (Å²) in [5, 5.41) is 12.9. The van der Waals surface area contributed by atoms with Crippen LogP contribution in [-0.2, 0) is 13.0 Å². The molecule has 0 unspecified atom stereocenters. The molecule has 3 heterocycles. The Labute approximate surface area is 185 Å². The first-order chi connectivity index (χ1) is 15.0. The van der Waals surface area contributed by atoms with Crippen LogP contribution in [-0.4, -0.2) is 30.3 Å². The van der Waals surface area contributed by atoms with Gasteiger partial charge in [-0.3, -0.25) is 9.48 Å². The van der Waals surface area contributed by atoms with Crippen molar-refractivity contribution in [1.82, 2.24) is 29.7 Å². The van der Waals surface area contributed by atoms with Gasteiger partial charge in [-0.2, -0.15) is 10.2 Å². The lowest BCUT2D eigenvalue weighted by atomic mass is 9.92. The highest BCUT2D eigenvalue weighted by Crippen LogP contribution is 2.30. The minimum Gasteiger partial charge on any atom is -0.345 e. The van der Waals surface area contributed by atoms with E-state index in [2.05, 4.69) is 20.5 Å². The highest BCUT2D eigenvalue weighted by molar-refractivity contribution is 6.30. The van der Waals surface area contributed by atoms with Crippen LogP contribution in [0.3, 0.4) is 0 Å². The Balaban J connectivity index is 1.40. The van der Waals surface area contributed by atoms with Crippen LogP contribution in [0.1, 0.15) is 57.5 Å². The summed E-state index contributed by atoms with van der Waals surface area (Å²) in [7, 11) is 0. The van der Waals surface area contributed by atoms with Gasteiger partial charge in [-0.15, -0.1) is 0 Å². The second-order valence-electron chi connectivity index (χ2n) is 8.09. The van der Waals surface area contributed by atoms with Crippen molar-refractivity contribution >= 4 is 23.2 Å². The van der Waals surface area contributed by atoms with Gasteiger partial charge < -0.3 is 5.32 Å². The molecule has 0 aliphatic heterocycles. The molecule has 1 aromatic carbocycles. The number of amides is 1. The number of fused-ring (bicyclic) bond motifs is 2. The summed E-state index contributed by atoms with van der Waals surface area (Å²) in [6, 6.07) is 9.69. The van der Waals surface area contributed by atoms with E-state index in [1.807, 2.05) is 55.1 Å². The van der Waals surface area contributed by atoms with E-state index in [0.29, 0.717) is 17.8 Å². The smallest absolute Gasteiger partial charge is 0.257 e. The van der Waals surface area contributed by atoms with Crippen molar-refractivity contribution in [3.05, 3.63) is 81.5 Å². The number of halogens is 1. The monoisotopic (exact) mass is 434 g/mol. The standard InChI is InChI=1S/C23H23ClN6O/c1-14-9-15(2)30-22(27-14)19(12-26-30)23(31)28-20-7-4-8-21-18(20)11-25-29(21)13-16-5-3-6-17(24)10-16/h3,5-6,9-12,20H,4,7-8,13H2,1-2H3,(H,28,31)/t20-/m0/s1. The van der Waals surface area contributed by atoms with Crippen LogP contribution in [0, 0.1) is 13.8 Å². The lowest BCUT2D eigenvalue weighted by molar-refractivity contribution is 0.0934. The average Bonchev–Trinajstić information content (AvgIpc) is 3.33. The average molecular weight is 435 g/mol. The molecule has 8 heteroatoms. The van der Waals surface area contributed by atoms with Gasteiger partial charge in [0.15, 0.2) is 5.65 Å². The minimum absolute atomic E-state index is 0.0785. The largest absolute Gasteiger partial charge is 0.345 e. The fraction of sp³-hybridized carbons (Fsp3) is 0.304. The van der Waals surface area contributed by atoms with Crippen molar-refractivity contribution in [3.63, 3.8) is 0 Å². The van der Waals surface area contributed by atoms with E-state index in [-0.39, 0.29) is 11.9 Å². The third kappa shape index (κ3) is 3.70. The van der Waals surface area contributed by atoms with Gasteiger partial charge >= 0.3 is 0 Å². The molecule has 5 rings (SSSR count). The van der Waals surface area contributed by atoms with Crippen LogP contribution in [0.5, 0.6) is 0 Å². The maximum atomic E-state index is 13.1. The van der Waals surface area contributed by atoms with Gasteiger partial charge in [0.05, 0.1) is 25.0 Å². The fourth-order valence-electron chi connectivity index (χ4n) is 4.38. The van der Waals surface area contributed by atoms with Gasteiger partial charge in [-0.1, -0.05) is 23.7 Å². The quantitative estimate of drug-likeness (QED) is 0.525. The van der Waals surface area contributed by atoms with E-state index >= 15 is 0 Å². The number of carbonyl (C=O) groups is 1. The first kappa shape index (κ1) is 19.8. The molecule has 0 radical (unpaired) electrons. The fourth-order valence-corrected chi connectivity index (χ4v) is 4.59. The molecule has 0 saturated carbocycles. The number of aryl methyl sites for hydroxylation is 2. The van der Waals surface area contributed by atoms with E-state index in [1.165, 1.54) is 5.69 Å². The van der Waals surface area contributed by atoms with E-state index in [0.717, 1.165) is 46.8 Å². The van der Waals surface area contributed by atoms with Crippen LogP contribution in [0.2, 0.25) is 5.02 Å². The van der Waals surface area contributed by atoms with Gasteiger partial charge in [0.2, 0.25) is 0 Å². The summed E-state index contributed by atoms with van der Waals surface area (Å²) < 4.78 is 3.72. The molecule has 0 saturated heterocycles. The van der Waals surface area contributed by atoms with Gasteiger partial charge in [-0.05, 0) is 56.9 Å². The Morgan fingerprint density at radius 3 is 2.94 bits per heavy atom. The topological polar surface area (TPSA) is 77.1 Å². The van der Waals surface area contributed by atoms with Crippen molar-refractivity contribution < 1.29 is 4.79 Å². The molecule has 0 spiro atoms. The van der Waals surface area contributed by atoms with Crippen LogP contribution >= 0.6 is 11.6 Å². The Kier molecular flexibility index (Phi) is 4.98. The number of benzene rings is 1. The molecule has 1 N–H and O–H groups in total. The van der Waals surface area contributed by atoms with Crippen molar-refractivity contribution in [3.8, 4) is 0 Å². The lowest BCUT2D eigenvalue weighted by Gasteiger charge is -2.24. The summed E-state index contributed by atoms with van der Waals surface area (Å²) >= 11 is 6.13. The molecule has 7 nitrogen and oxygen atoms in total. The summed E-state index contributed by atoms with van der Waals surface area (Å²) in [4.78, 5) is 17.6. The number of hydrogen-bond donors (Lipinski definition) is 1. The predicted molar refractivity (Wildman–Crippen MR) is 118 cm³/mol. The maximum absolute atomic E-state index is 13.1. The summed E-state index contributed by atoms with van der Waals surface area (Å²) in [6.07, 6.45) is 6.29. The second kappa shape index (κ2) is 7.81. The lowest BCUT2D eigenvalue weighted by Crippen LogP contribution is -2.31. The first-order valence-corrected chi connectivity index (χ1v) is 10.8. The second-order valence-corrected chi connectivity index (χ2v) is 8.52. The van der Waals surface area contributed by atoms with Crippen LogP contribution in [0.4, 0.5) is 0 Å². The molecule has 3 aromatic heterocycles. The molecular weight excluding hydrogens is 412 g/mol. The molecule has 158 valence electrons. The Morgan fingerprint density at radius 2 is 2.10 bits per heavy atom. The zero-order valence-electron chi connectivity index (χ0n) is 17.5. The molecule has 31 heavy (non-hydrogen) atoms. The maximum Gasteiger partial charge on any atom is 0.257 e. The van der Waals surface area contributed by atoms with Gasteiger partial charge in [0.25, 0.3) is 5.91 Å². The number of nitrogens with zero attached hydrogens (tertiary/aromatic N) is 5. The number of rotatable bonds is 4. The first-order valence-electron chi connectivity index (χ1n) is 10.4.